The molecule has 1 saturated heterocycles. The maximum Gasteiger partial charge on any atom is 0.253 e. The van der Waals surface area contributed by atoms with Crippen LogP contribution in [0.2, 0.25) is 0 Å². The Morgan fingerprint density at radius 3 is 2.47 bits per heavy atom. The number of amides is 1. The van der Waals surface area contributed by atoms with Crippen molar-refractivity contribution in [3.63, 3.8) is 0 Å². The number of likely N-dealkylation sites (tertiary alicyclic amines) is 1. The largest absolute Gasteiger partial charge is 0.337 e. The van der Waals surface area contributed by atoms with E-state index in [-0.39, 0.29) is 11.3 Å². The molecule has 5 heteroatoms. The molecule has 0 atom stereocenters. The van der Waals surface area contributed by atoms with Gasteiger partial charge in [0, 0.05) is 24.2 Å². The lowest BCUT2D eigenvalue weighted by atomic mass is 9.84. The Kier molecular flexibility index (Phi) is 2.62. The zero-order valence-corrected chi connectivity index (χ0v) is 11.1. The fourth-order valence-corrected chi connectivity index (χ4v) is 2.43. The molecule has 0 aliphatic carbocycles. The highest BCUT2D eigenvalue weighted by atomic mass is 16.2. The second-order valence-electron chi connectivity index (χ2n) is 5.74. The van der Waals surface area contributed by atoms with Gasteiger partial charge in [0.15, 0.2) is 5.82 Å². The fraction of sp³-hybridized carbons (Fsp3) is 0.357. The lowest BCUT2D eigenvalue weighted by Gasteiger charge is -2.45. The van der Waals surface area contributed by atoms with Crippen LogP contribution in [-0.4, -0.2) is 39.1 Å². The Morgan fingerprint density at radius 1 is 1.26 bits per heavy atom. The molecule has 1 aliphatic heterocycles. The van der Waals surface area contributed by atoms with Crippen molar-refractivity contribution in [1.29, 1.82) is 0 Å². The molecule has 1 amide bonds. The van der Waals surface area contributed by atoms with Gasteiger partial charge in [-0.1, -0.05) is 26.0 Å². The van der Waals surface area contributed by atoms with E-state index < -0.39 is 0 Å². The molecule has 2 heterocycles. The highest BCUT2D eigenvalue weighted by Crippen LogP contribution is 2.30. The molecule has 1 N–H and O–H groups in total. The second kappa shape index (κ2) is 4.19. The maximum atomic E-state index is 12.2. The summed E-state index contributed by atoms with van der Waals surface area (Å²) in [7, 11) is 0. The Balaban J connectivity index is 1.75. The third-order valence-corrected chi connectivity index (χ3v) is 3.35. The lowest BCUT2D eigenvalue weighted by molar-refractivity contribution is 0.0236. The minimum atomic E-state index is 0.100. The third-order valence-electron chi connectivity index (χ3n) is 3.35. The lowest BCUT2D eigenvalue weighted by Crippen LogP contribution is -2.55. The summed E-state index contributed by atoms with van der Waals surface area (Å²) in [6.45, 7) is 6.00. The van der Waals surface area contributed by atoms with Gasteiger partial charge >= 0.3 is 0 Å². The molecular formula is C14H16N4O. The summed E-state index contributed by atoms with van der Waals surface area (Å²) in [5.74, 6) is 0.813. The van der Waals surface area contributed by atoms with Crippen LogP contribution in [0.3, 0.4) is 0 Å². The molecule has 2 aromatic rings. The van der Waals surface area contributed by atoms with Crippen LogP contribution in [0.5, 0.6) is 0 Å². The highest BCUT2D eigenvalue weighted by Gasteiger charge is 2.37. The number of rotatable bonds is 2. The number of H-pyrrole nitrogens is 1. The van der Waals surface area contributed by atoms with Crippen molar-refractivity contribution in [3.8, 4) is 11.4 Å². The summed E-state index contributed by atoms with van der Waals surface area (Å²) in [6, 6.07) is 7.45. The molecule has 1 aromatic heterocycles. The average molecular weight is 256 g/mol. The monoisotopic (exact) mass is 256 g/mol. The molecule has 98 valence electrons. The summed E-state index contributed by atoms with van der Waals surface area (Å²) < 4.78 is 0. The van der Waals surface area contributed by atoms with Crippen LogP contribution in [0.25, 0.3) is 11.4 Å². The predicted octanol–water partition coefficient (Wildman–Crippen LogP) is 1.95. The van der Waals surface area contributed by atoms with Crippen LogP contribution in [0, 0.1) is 5.41 Å². The average Bonchev–Trinajstić information content (AvgIpc) is 2.89. The van der Waals surface area contributed by atoms with Crippen LogP contribution in [0.4, 0.5) is 0 Å². The van der Waals surface area contributed by atoms with Gasteiger partial charge in [-0.15, -0.1) is 0 Å². The first-order valence-electron chi connectivity index (χ1n) is 6.30. The van der Waals surface area contributed by atoms with Gasteiger partial charge in [-0.2, -0.15) is 5.10 Å². The SMILES string of the molecule is CC1(C)CN(C(=O)c2ccc(-c3ncn[nH]3)cc2)C1. The minimum absolute atomic E-state index is 0.100. The van der Waals surface area contributed by atoms with Crippen molar-refractivity contribution in [2.45, 2.75) is 13.8 Å². The topological polar surface area (TPSA) is 61.9 Å². The third kappa shape index (κ3) is 2.23. The number of aromatic amines is 1. The van der Waals surface area contributed by atoms with Crippen molar-refractivity contribution in [1.82, 2.24) is 20.1 Å². The summed E-state index contributed by atoms with van der Waals surface area (Å²) in [5.41, 5.74) is 1.91. The van der Waals surface area contributed by atoms with Gasteiger partial charge in [-0.25, -0.2) is 4.98 Å². The van der Waals surface area contributed by atoms with Crippen molar-refractivity contribution < 1.29 is 4.79 Å². The molecule has 1 fully saturated rings. The zero-order valence-electron chi connectivity index (χ0n) is 11.1. The van der Waals surface area contributed by atoms with E-state index in [9.17, 15) is 4.79 Å². The normalized spacial score (nSPS) is 17.1. The van der Waals surface area contributed by atoms with Gasteiger partial charge in [0.25, 0.3) is 5.91 Å². The van der Waals surface area contributed by atoms with Gasteiger partial charge in [0.05, 0.1) is 0 Å². The number of benzene rings is 1. The molecular weight excluding hydrogens is 240 g/mol. The number of nitrogens with one attached hydrogen (secondary N) is 1. The van der Waals surface area contributed by atoms with Crippen LogP contribution in [-0.2, 0) is 0 Å². The second-order valence-corrected chi connectivity index (χ2v) is 5.74. The Morgan fingerprint density at radius 2 is 1.95 bits per heavy atom. The standard InChI is InChI=1S/C14H16N4O/c1-14(2)7-18(8-14)13(19)11-5-3-10(4-6-11)12-15-9-16-17-12/h3-6,9H,7-8H2,1-2H3,(H,15,16,17). The van der Waals surface area contributed by atoms with Crippen molar-refractivity contribution in [3.05, 3.63) is 36.2 Å². The first-order chi connectivity index (χ1) is 9.05. The molecule has 0 saturated carbocycles. The van der Waals surface area contributed by atoms with Crippen molar-refractivity contribution in [2.24, 2.45) is 5.41 Å². The fourth-order valence-electron chi connectivity index (χ4n) is 2.43. The molecule has 0 bridgehead atoms. The van der Waals surface area contributed by atoms with Crippen molar-refractivity contribution >= 4 is 5.91 Å². The summed E-state index contributed by atoms with van der Waals surface area (Å²) in [5, 5.41) is 6.61. The molecule has 19 heavy (non-hydrogen) atoms. The zero-order chi connectivity index (χ0) is 13.5. The quantitative estimate of drug-likeness (QED) is 0.893. The molecule has 0 unspecified atom stereocenters. The van der Waals surface area contributed by atoms with E-state index in [1.807, 2.05) is 29.2 Å². The van der Waals surface area contributed by atoms with Crippen LogP contribution in [0.1, 0.15) is 24.2 Å². The van der Waals surface area contributed by atoms with E-state index in [0.29, 0.717) is 5.82 Å². The van der Waals surface area contributed by atoms with Gasteiger partial charge in [-0.05, 0) is 17.5 Å². The number of carbonyl (C=O) groups excluding carboxylic acids is 1. The molecule has 0 spiro atoms. The van der Waals surface area contributed by atoms with Crippen LogP contribution in [0.15, 0.2) is 30.6 Å². The minimum Gasteiger partial charge on any atom is -0.337 e. The number of hydrogen-bond donors (Lipinski definition) is 1. The summed E-state index contributed by atoms with van der Waals surface area (Å²) >= 11 is 0. The summed E-state index contributed by atoms with van der Waals surface area (Å²) in [6.07, 6.45) is 1.47. The van der Waals surface area contributed by atoms with Gasteiger partial charge in [0.2, 0.25) is 0 Å². The summed E-state index contributed by atoms with van der Waals surface area (Å²) in [4.78, 5) is 18.2. The number of nitrogens with zero attached hydrogens (tertiary/aromatic N) is 3. The van der Waals surface area contributed by atoms with Gasteiger partial charge in [-0.3, -0.25) is 9.89 Å². The number of aromatic nitrogens is 3. The first-order valence-corrected chi connectivity index (χ1v) is 6.30. The molecule has 1 aromatic carbocycles. The van der Waals surface area contributed by atoms with Crippen molar-refractivity contribution in [2.75, 3.05) is 13.1 Å². The van der Waals surface area contributed by atoms with Crippen LogP contribution < -0.4 is 0 Å². The smallest absolute Gasteiger partial charge is 0.253 e. The Hall–Kier alpha value is -2.17. The van der Waals surface area contributed by atoms with E-state index in [2.05, 4.69) is 29.0 Å². The van der Waals surface area contributed by atoms with E-state index in [1.165, 1.54) is 6.33 Å². The Labute approximate surface area is 111 Å². The van der Waals surface area contributed by atoms with Gasteiger partial charge in [0.1, 0.15) is 6.33 Å². The number of carbonyl (C=O) groups is 1. The maximum absolute atomic E-state index is 12.2. The predicted molar refractivity (Wildman–Crippen MR) is 71.5 cm³/mol. The Bertz CT molecular complexity index is 578. The first kappa shape index (κ1) is 11.9. The van der Waals surface area contributed by atoms with E-state index in [1.54, 1.807) is 0 Å². The van der Waals surface area contributed by atoms with E-state index in [4.69, 9.17) is 0 Å². The molecule has 0 radical (unpaired) electrons. The van der Waals surface area contributed by atoms with E-state index in [0.717, 1.165) is 24.2 Å². The molecule has 3 rings (SSSR count). The number of hydrogen-bond acceptors (Lipinski definition) is 3. The highest BCUT2D eigenvalue weighted by molar-refractivity contribution is 5.95. The molecule has 1 aliphatic rings. The van der Waals surface area contributed by atoms with E-state index >= 15 is 0 Å². The molecule has 5 nitrogen and oxygen atoms in total. The van der Waals surface area contributed by atoms with Crippen LogP contribution >= 0.6 is 0 Å². The van der Waals surface area contributed by atoms with Gasteiger partial charge < -0.3 is 4.90 Å².